The van der Waals surface area contributed by atoms with Gasteiger partial charge in [-0.1, -0.05) is 0 Å². The van der Waals surface area contributed by atoms with Gasteiger partial charge in [-0.25, -0.2) is 0 Å². The third kappa shape index (κ3) is 42.5. The van der Waals surface area contributed by atoms with Crippen LogP contribution in [-0.2, 0) is 14.3 Å². The predicted molar refractivity (Wildman–Crippen MR) is 40.9 cm³/mol. The topological polar surface area (TPSA) is 67.2 Å². The van der Waals surface area contributed by atoms with E-state index in [-0.39, 0.29) is 29.6 Å². The van der Waals surface area contributed by atoms with Crippen LogP contribution in [0.3, 0.4) is 0 Å². The van der Waals surface area contributed by atoms with Gasteiger partial charge in [-0.3, -0.25) is 9.59 Å². The summed E-state index contributed by atoms with van der Waals surface area (Å²) in [6.07, 6.45) is 0. The van der Waals surface area contributed by atoms with Crippen molar-refractivity contribution in [3.05, 3.63) is 0 Å². The fourth-order valence-corrected chi connectivity index (χ4v) is 0.202. The number of hydrogen-bond donors (Lipinski definition) is 0. The van der Waals surface area contributed by atoms with E-state index in [9.17, 15) is 9.59 Å². The first-order valence-corrected chi connectivity index (χ1v) is 2.54. The van der Waals surface area contributed by atoms with E-state index in [1.54, 1.807) is 6.07 Å². The van der Waals surface area contributed by atoms with Crippen LogP contribution < -0.4 is 0 Å². The van der Waals surface area contributed by atoms with Gasteiger partial charge in [0.1, 0.15) is 0 Å². The van der Waals surface area contributed by atoms with Crippen LogP contribution >= 0.6 is 0 Å². The van der Waals surface area contributed by atoms with Crippen molar-refractivity contribution >= 4 is 41.5 Å². The molecule has 0 fully saturated rings. The first-order valence-electron chi connectivity index (χ1n) is 2.54. The average Bonchev–Trinajstić information content (AvgIpc) is 1.62. The van der Waals surface area contributed by atoms with Crippen molar-refractivity contribution in [2.24, 2.45) is 0 Å². The summed E-state index contributed by atoms with van der Waals surface area (Å²) in [5.74, 6) is -1.12. The van der Waals surface area contributed by atoms with Gasteiger partial charge in [0.15, 0.2) is 0 Å². The standard InChI is InChI=1S/C4H6O3.C2H3N.Na.H/c1-3(5)7-4(2)6;1-2-3;;/h1-2H3;1H3;;. The van der Waals surface area contributed by atoms with Gasteiger partial charge >= 0.3 is 41.5 Å². The maximum absolute atomic E-state index is 9.81. The second-order valence-electron chi connectivity index (χ2n) is 1.31. The van der Waals surface area contributed by atoms with E-state index >= 15 is 0 Å². The van der Waals surface area contributed by atoms with E-state index in [1.165, 1.54) is 20.8 Å². The molecule has 5 heteroatoms. The normalized spacial score (nSPS) is 5.64. The molecular weight excluding hydrogens is 157 g/mol. The Bertz CT molecular complexity index is 150. The summed E-state index contributed by atoms with van der Waals surface area (Å²) in [6, 6.07) is 1.75. The number of nitriles is 1. The van der Waals surface area contributed by atoms with Crippen molar-refractivity contribution in [2.45, 2.75) is 20.8 Å². The van der Waals surface area contributed by atoms with Gasteiger partial charge in [0.2, 0.25) is 0 Å². The summed E-state index contributed by atoms with van der Waals surface area (Å²) in [6.45, 7) is 3.79. The Kier molecular flexibility index (Phi) is 19.0. The molecule has 0 saturated carbocycles. The van der Waals surface area contributed by atoms with Crippen LogP contribution in [0.15, 0.2) is 0 Å². The van der Waals surface area contributed by atoms with Crippen molar-refractivity contribution < 1.29 is 14.3 Å². The maximum atomic E-state index is 9.81. The van der Waals surface area contributed by atoms with E-state index < -0.39 is 11.9 Å². The van der Waals surface area contributed by atoms with Crippen molar-refractivity contribution in [2.75, 3.05) is 0 Å². The quantitative estimate of drug-likeness (QED) is 0.289. The Morgan fingerprint density at radius 1 is 1.27 bits per heavy atom. The molecule has 4 nitrogen and oxygen atoms in total. The fourth-order valence-electron chi connectivity index (χ4n) is 0.202. The minimum absolute atomic E-state index is 0. The second kappa shape index (κ2) is 12.3. The summed E-state index contributed by atoms with van der Waals surface area (Å²) < 4.78 is 3.97. The molecule has 0 aliphatic rings. The second-order valence-corrected chi connectivity index (χ2v) is 1.31. The molecule has 0 aliphatic carbocycles. The zero-order chi connectivity index (χ0) is 8.57. The fraction of sp³-hybridized carbons (Fsp3) is 0.500. The molecule has 0 aromatic heterocycles. The molecule has 11 heavy (non-hydrogen) atoms. The molecule has 0 saturated heterocycles. The van der Waals surface area contributed by atoms with Gasteiger partial charge in [-0.15, -0.1) is 0 Å². The van der Waals surface area contributed by atoms with Gasteiger partial charge in [0.25, 0.3) is 0 Å². The SMILES string of the molecule is CC#N.CC(=O)OC(C)=O.[NaH]. The van der Waals surface area contributed by atoms with E-state index in [0.29, 0.717) is 0 Å². The summed E-state index contributed by atoms with van der Waals surface area (Å²) in [7, 11) is 0. The van der Waals surface area contributed by atoms with Crippen LogP contribution in [0.5, 0.6) is 0 Å². The summed E-state index contributed by atoms with van der Waals surface area (Å²) in [5.41, 5.74) is 0. The number of ether oxygens (including phenoxy) is 1. The molecular formula is C6H10NNaO3. The van der Waals surface area contributed by atoms with Gasteiger partial charge in [0, 0.05) is 20.8 Å². The molecule has 0 bridgehead atoms. The van der Waals surface area contributed by atoms with Gasteiger partial charge in [-0.05, 0) is 0 Å². The summed E-state index contributed by atoms with van der Waals surface area (Å²) >= 11 is 0. The molecule has 0 rings (SSSR count). The van der Waals surface area contributed by atoms with Crippen LogP contribution in [-0.4, -0.2) is 41.5 Å². The Balaban J connectivity index is -0.000000140. The predicted octanol–water partition coefficient (Wildman–Crippen LogP) is -0.0226. The molecule has 0 heterocycles. The first-order chi connectivity index (χ1) is 4.54. The van der Waals surface area contributed by atoms with E-state index in [1.807, 2.05) is 0 Å². The number of carbonyl (C=O) groups is 2. The third-order valence-corrected chi connectivity index (χ3v) is 0.287. The van der Waals surface area contributed by atoms with Crippen LogP contribution in [0.4, 0.5) is 0 Å². The third-order valence-electron chi connectivity index (χ3n) is 0.287. The number of carbonyl (C=O) groups excluding carboxylic acids is 2. The van der Waals surface area contributed by atoms with E-state index in [0.717, 1.165) is 0 Å². The van der Waals surface area contributed by atoms with Gasteiger partial charge in [0.05, 0.1) is 6.07 Å². The molecule has 0 aromatic carbocycles. The molecule has 0 aliphatic heterocycles. The van der Waals surface area contributed by atoms with Crippen LogP contribution in [0.1, 0.15) is 20.8 Å². The number of rotatable bonds is 0. The van der Waals surface area contributed by atoms with Gasteiger partial charge < -0.3 is 4.74 Å². The van der Waals surface area contributed by atoms with Crippen molar-refractivity contribution in [3.63, 3.8) is 0 Å². The van der Waals surface area contributed by atoms with Crippen LogP contribution in [0.2, 0.25) is 0 Å². The Morgan fingerprint density at radius 3 is 1.45 bits per heavy atom. The van der Waals surface area contributed by atoms with Crippen molar-refractivity contribution in [1.29, 1.82) is 5.26 Å². The van der Waals surface area contributed by atoms with Crippen molar-refractivity contribution in [1.82, 2.24) is 0 Å². The Labute approximate surface area is 87.8 Å². The van der Waals surface area contributed by atoms with E-state index in [4.69, 9.17) is 5.26 Å². The summed E-state index contributed by atoms with van der Waals surface area (Å²) in [4.78, 5) is 19.6. The first kappa shape index (κ1) is 16.9. The van der Waals surface area contributed by atoms with Crippen LogP contribution in [0.25, 0.3) is 0 Å². The van der Waals surface area contributed by atoms with Gasteiger partial charge in [-0.2, -0.15) is 5.26 Å². The Hall–Kier alpha value is -0.370. The molecule has 0 amide bonds. The monoisotopic (exact) mass is 167 g/mol. The molecule has 0 aromatic rings. The van der Waals surface area contributed by atoms with Crippen LogP contribution in [0, 0.1) is 11.3 Å². The van der Waals surface area contributed by atoms with Crippen molar-refractivity contribution in [3.8, 4) is 6.07 Å². The zero-order valence-corrected chi connectivity index (χ0v) is 6.17. The molecule has 0 spiro atoms. The molecule has 0 unspecified atom stereocenters. The minimum atomic E-state index is -0.562. The number of nitrogens with zero attached hydrogens (tertiary/aromatic N) is 1. The number of esters is 2. The molecule has 0 radical (unpaired) electrons. The molecule has 58 valence electrons. The number of hydrogen-bond acceptors (Lipinski definition) is 4. The summed E-state index contributed by atoms with van der Waals surface area (Å²) in [5, 5.41) is 7.32. The molecule has 0 N–H and O–H groups in total. The average molecular weight is 167 g/mol. The Morgan fingerprint density at radius 2 is 1.45 bits per heavy atom. The zero-order valence-electron chi connectivity index (χ0n) is 6.17. The van der Waals surface area contributed by atoms with E-state index in [2.05, 4.69) is 4.74 Å². The molecule has 0 atom stereocenters.